The molecule has 1 saturated heterocycles. The first-order valence-electron chi connectivity index (χ1n) is 11.2. The molecule has 186 valence electrons. The van der Waals surface area contributed by atoms with Crippen molar-refractivity contribution in [2.75, 3.05) is 32.8 Å². The summed E-state index contributed by atoms with van der Waals surface area (Å²) in [5.41, 5.74) is 0. The van der Waals surface area contributed by atoms with E-state index < -0.39 is 32.0 Å². The third kappa shape index (κ3) is 6.22. The molecule has 0 spiro atoms. The molecule has 0 bridgehead atoms. The third-order valence-corrected chi connectivity index (χ3v) is 9.20. The molecule has 9 nitrogen and oxygen atoms in total. The zero-order chi connectivity index (χ0) is 24.8. The molecule has 1 aliphatic heterocycles. The molecule has 2 aromatic rings. The molecule has 1 N–H and O–H groups in total. The predicted molar refractivity (Wildman–Crippen MR) is 128 cm³/mol. The molecule has 0 aromatic heterocycles. The fraction of sp³-hybridized carbons (Fsp3) is 0.435. The van der Waals surface area contributed by atoms with Crippen LogP contribution >= 0.6 is 0 Å². The number of benzene rings is 2. The monoisotopic (exact) mass is 509 g/mol. The first kappa shape index (κ1) is 26.3. The topological polar surface area (TPSA) is 113 Å². The van der Waals surface area contributed by atoms with Gasteiger partial charge in [-0.05, 0) is 44.5 Å². The van der Waals surface area contributed by atoms with E-state index in [0.29, 0.717) is 13.0 Å². The zero-order valence-corrected chi connectivity index (χ0v) is 21.0. The fourth-order valence-electron chi connectivity index (χ4n) is 3.65. The molecule has 0 unspecified atom stereocenters. The summed E-state index contributed by atoms with van der Waals surface area (Å²) >= 11 is 0. The van der Waals surface area contributed by atoms with Crippen molar-refractivity contribution in [2.45, 2.75) is 42.2 Å². The normalized spacial score (nSPS) is 18.1. The molecule has 1 heterocycles. The maximum atomic E-state index is 13.3. The van der Waals surface area contributed by atoms with Gasteiger partial charge in [-0.1, -0.05) is 36.4 Å². The average molecular weight is 510 g/mol. The van der Waals surface area contributed by atoms with Crippen molar-refractivity contribution in [1.29, 1.82) is 0 Å². The van der Waals surface area contributed by atoms with Crippen LogP contribution in [0.2, 0.25) is 0 Å². The van der Waals surface area contributed by atoms with Crippen LogP contribution in [-0.4, -0.2) is 76.3 Å². The highest BCUT2D eigenvalue weighted by Gasteiger charge is 2.43. The quantitative estimate of drug-likeness (QED) is 0.488. The molecule has 2 aromatic carbocycles. The summed E-state index contributed by atoms with van der Waals surface area (Å²) in [6, 6.07) is 14.5. The molecular weight excluding hydrogens is 478 g/mol. The van der Waals surface area contributed by atoms with E-state index in [-0.39, 0.29) is 42.1 Å². The van der Waals surface area contributed by atoms with Crippen LogP contribution in [0.3, 0.4) is 0 Å². The molecule has 11 heteroatoms. The lowest BCUT2D eigenvalue weighted by molar-refractivity contribution is -0.125. The van der Waals surface area contributed by atoms with Gasteiger partial charge in [0.2, 0.25) is 26.0 Å². The van der Waals surface area contributed by atoms with E-state index in [2.05, 4.69) is 5.32 Å². The van der Waals surface area contributed by atoms with Crippen LogP contribution in [0.15, 0.2) is 70.5 Å². The Labute approximate surface area is 201 Å². The fourth-order valence-corrected chi connectivity index (χ4v) is 6.70. The van der Waals surface area contributed by atoms with Gasteiger partial charge in [0.25, 0.3) is 0 Å². The van der Waals surface area contributed by atoms with Gasteiger partial charge in [0.05, 0.1) is 15.9 Å². The van der Waals surface area contributed by atoms with Gasteiger partial charge in [0, 0.05) is 32.8 Å². The van der Waals surface area contributed by atoms with Crippen molar-refractivity contribution in [3.05, 3.63) is 60.7 Å². The molecule has 1 amide bonds. The van der Waals surface area contributed by atoms with E-state index in [1.54, 1.807) is 36.4 Å². The van der Waals surface area contributed by atoms with Crippen LogP contribution in [0.4, 0.5) is 0 Å². The second-order valence-corrected chi connectivity index (χ2v) is 12.0. The van der Waals surface area contributed by atoms with Crippen LogP contribution < -0.4 is 5.32 Å². The van der Waals surface area contributed by atoms with Crippen molar-refractivity contribution in [1.82, 2.24) is 13.9 Å². The Balaban J connectivity index is 1.83. The lowest BCUT2D eigenvalue weighted by Crippen LogP contribution is -2.61. The Bertz CT molecular complexity index is 1160. The van der Waals surface area contributed by atoms with E-state index in [0.717, 1.165) is 4.31 Å². The molecule has 0 radical (unpaired) electrons. The van der Waals surface area contributed by atoms with Gasteiger partial charge in [0.1, 0.15) is 6.04 Å². The number of piperazine rings is 1. The number of carbonyl (C=O) groups is 1. The second-order valence-electron chi connectivity index (χ2n) is 8.18. The number of nitrogens with zero attached hydrogens (tertiary/aromatic N) is 2. The van der Waals surface area contributed by atoms with Gasteiger partial charge in [-0.15, -0.1) is 0 Å². The predicted octanol–water partition coefficient (Wildman–Crippen LogP) is 1.68. The molecule has 34 heavy (non-hydrogen) atoms. The Kier molecular flexibility index (Phi) is 8.83. The van der Waals surface area contributed by atoms with Crippen molar-refractivity contribution in [3.63, 3.8) is 0 Å². The number of carbonyl (C=O) groups excluding carboxylic acids is 1. The Morgan fingerprint density at radius 1 is 0.941 bits per heavy atom. The summed E-state index contributed by atoms with van der Waals surface area (Å²) in [5, 5.41) is 2.74. The van der Waals surface area contributed by atoms with Crippen LogP contribution in [0.1, 0.15) is 20.3 Å². The maximum absolute atomic E-state index is 13.3. The lowest BCUT2D eigenvalue weighted by Gasteiger charge is -2.38. The number of rotatable bonds is 10. The van der Waals surface area contributed by atoms with E-state index in [1.807, 2.05) is 13.8 Å². The summed E-state index contributed by atoms with van der Waals surface area (Å²) < 4.78 is 60.7. The number of hydrogen-bond donors (Lipinski definition) is 1. The number of ether oxygens (including phenoxy) is 1. The summed E-state index contributed by atoms with van der Waals surface area (Å²) in [5.74, 6) is -0.544. The minimum Gasteiger partial charge on any atom is -0.379 e. The lowest BCUT2D eigenvalue weighted by atomic mass is 10.2. The molecule has 1 aliphatic rings. The number of sulfonamides is 2. The molecule has 0 aliphatic carbocycles. The van der Waals surface area contributed by atoms with Gasteiger partial charge >= 0.3 is 0 Å². The minimum absolute atomic E-state index is 0.0532. The molecule has 1 fully saturated rings. The number of nitrogens with one attached hydrogen (secondary N) is 1. The second kappa shape index (κ2) is 11.4. The molecule has 0 saturated carbocycles. The maximum Gasteiger partial charge on any atom is 0.243 e. The first-order chi connectivity index (χ1) is 16.1. The van der Waals surface area contributed by atoms with E-state index in [9.17, 15) is 21.6 Å². The zero-order valence-electron chi connectivity index (χ0n) is 19.3. The van der Waals surface area contributed by atoms with Gasteiger partial charge in [-0.3, -0.25) is 4.79 Å². The minimum atomic E-state index is -4.01. The van der Waals surface area contributed by atoms with Crippen molar-refractivity contribution < 1.29 is 26.4 Å². The van der Waals surface area contributed by atoms with Gasteiger partial charge in [-0.25, -0.2) is 16.8 Å². The molecule has 3 rings (SSSR count). The Morgan fingerprint density at radius 3 is 2.06 bits per heavy atom. The van der Waals surface area contributed by atoms with Crippen LogP contribution in [0, 0.1) is 0 Å². The van der Waals surface area contributed by atoms with Crippen LogP contribution in [-0.2, 0) is 29.6 Å². The van der Waals surface area contributed by atoms with E-state index in [1.165, 1.54) is 28.6 Å². The third-order valence-electron chi connectivity index (χ3n) is 5.40. The van der Waals surface area contributed by atoms with E-state index in [4.69, 9.17) is 4.74 Å². The molecule has 1 atom stereocenters. The highest BCUT2D eigenvalue weighted by Crippen LogP contribution is 2.25. The van der Waals surface area contributed by atoms with Crippen molar-refractivity contribution in [3.8, 4) is 0 Å². The van der Waals surface area contributed by atoms with Gasteiger partial charge < -0.3 is 10.1 Å². The summed E-state index contributed by atoms with van der Waals surface area (Å²) in [6.45, 7) is 4.07. The van der Waals surface area contributed by atoms with Crippen LogP contribution in [0.5, 0.6) is 0 Å². The Morgan fingerprint density at radius 2 is 1.50 bits per heavy atom. The number of amides is 1. The van der Waals surface area contributed by atoms with Crippen LogP contribution in [0.25, 0.3) is 0 Å². The standard InChI is InChI=1S/C23H31N3O6S2/c1-19(2)32-17-9-14-24-23(27)22-18-25(33(28,29)20-10-5-3-6-11-20)15-16-26(22)34(30,31)21-12-7-4-8-13-21/h3-8,10-13,19,22H,9,14-18H2,1-2H3,(H,24,27)/t22-/m0/s1. The first-order valence-corrected chi connectivity index (χ1v) is 14.0. The Hall–Kier alpha value is -2.31. The molecular formula is C23H31N3O6S2. The largest absolute Gasteiger partial charge is 0.379 e. The number of hydrogen-bond acceptors (Lipinski definition) is 6. The van der Waals surface area contributed by atoms with Crippen molar-refractivity contribution >= 4 is 26.0 Å². The summed E-state index contributed by atoms with van der Waals surface area (Å²) in [7, 11) is -7.90. The summed E-state index contributed by atoms with van der Waals surface area (Å²) in [6.07, 6.45) is 0.617. The van der Waals surface area contributed by atoms with Crippen molar-refractivity contribution in [2.24, 2.45) is 0 Å². The highest BCUT2D eigenvalue weighted by molar-refractivity contribution is 7.89. The smallest absolute Gasteiger partial charge is 0.243 e. The summed E-state index contributed by atoms with van der Waals surface area (Å²) in [4.78, 5) is 13.3. The van der Waals surface area contributed by atoms with E-state index >= 15 is 0 Å². The SMILES string of the molecule is CC(C)OCCCNC(=O)[C@@H]1CN(S(=O)(=O)c2ccccc2)CCN1S(=O)(=O)c1ccccc1. The average Bonchev–Trinajstić information content (AvgIpc) is 2.84. The van der Waals surface area contributed by atoms with Gasteiger partial charge in [-0.2, -0.15) is 8.61 Å². The highest BCUT2D eigenvalue weighted by atomic mass is 32.2. The van der Waals surface area contributed by atoms with Gasteiger partial charge in [0.15, 0.2) is 0 Å².